The number of para-hydroxylation sites is 2. The van der Waals surface area contributed by atoms with Crippen LogP contribution in [0.15, 0.2) is 46.9 Å². The zero-order valence-electron chi connectivity index (χ0n) is 19.9. The van der Waals surface area contributed by atoms with Crippen LogP contribution in [0.3, 0.4) is 0 Å². The molecule has 2 heterocycles. The summed E-state index contributed by atoms with van der Waals surface area (Å²) >= 11 is 0. The second-order valence-electron chi connectivity index (χ2n) is 8.62. The van der Waals surface area contributed by atoms with Crippen LogP contribution in [-0.2, 0) is 16.1 Å². The number of nitrogens with zero attached hydrogens (tertiary/aromatic N) is 5. The first-order valence-corrected chi connectivity index (χ1v) is 11.5. The van der Waals surface area contributed by atoms with Crippen LogP contribution >= 0.6 is 0 Å². The van der Waals surface area contributed by atoms with Gasteiger partial charge in [-0.25, -0.2) is 4.39 Å². The lowest BCUT2D eigenvalue weighted by atomic mass is 10.0. The highest BCUT2D eigenvalue weighted by Crippen LogP contribution is 2.33. The average molecular weight is 502 g/mol. The van der Waals surface area contributed by atoms with Gasteiger partial charge in [0.25, 0.3) is 5.89 Å². The van der Waals surface area contributed by atoms with Crippen LogP contribution in [0, 0.1) is 5.82 Å². The van der Waals surface area contributed by atoms with E-state index in [0.29, 0.717) is 25.2 Å². The molecule has 1 aliphatic rings. The number of halogens is 3. The van der Waals surface area contributed by atoms with Crippen molar-refractivity contribution in [1.29, 1.82) is 0 Å². The number of amides is 2. The molecule has 1 saturated heterocycles. The van der Waals surface area contributed by atoms with Gasteiger partial charge in [0.15, 0.2) is 0 Å². The van der Waals surface area contributed by atoms with E-state index >= 15 is 0 Å². The molecule has 11 heteroatoms. The fourth-order valence-electron chi connectivity index (χ4n) is 4.38. The maximum absolute atomic E-state index is 14.9. The SMILES string of the molecule is CC(=O)N1CCC(N(C)c2ccccc2N(C=O)Cc2ccc(-c3nnc(C(F)F)o3)cc2F)CC1. The van der Waals surface area contributed by atoms with Crippen molar-refractivity contribution in [2.45, 2.75) is 38.8 Å². The highest BCUT2D eigenvalue weighted by atomic mass is 19.3. The number of rotatable bonds is 8. The highest BCUT2D eigenvalue weighted by molar-refractivity contribution is 5.84. The Kier molecular flexibility index (Phi) is 7.56. The number of aromatic nitrogens is 2. The number of carbonyl (C=O) groups is 2. The molecule has 0 saturated carbocycles. The van der Waals surface area contributed by atoms with Gasteiger partial charge in [-0.1, -0.05) is 18.2 Å². The molecule has 0 radical (unpaired) electrons. The average Bonchev–Trinajstić information content (AvgIpc) is 3.38. The predicted octanol–water partition coefficient (Wildman–Crippen LogP) is 4.42. The van der Waals surface area contributed by atoms with E-state index in [1.807, 2.05) is 24.1 Å². The standard InChI is InChI=1S/C25H26F3N5O3/c1-16(35)32-11-9-19(10-12-32)31(2)21-5-3-4-6-22(21)33(15-34)14-18-8-7-17(13-20(18)26)24-29-30-25(36-24)23(27)28/h3-8,13,15,19,23H,9-12,14H2,1-2H3. The Labute approximate surface area is 206 Å². The molecule has 8 nitrogen and oxygen atoms in total. The lowest BCUT2D eigenvalue weighted by Gasteiger charge is -2.38. The van der Waals surface area contributed by atoms with E-state index in [-0.39, 0.29) is 35.5 Å². The largest absolute Gasteiger partial charge is 0.415 e. The Bertz CT molecular complexity index is 1230. The molecule has 2 aromatic carbocycles. The quantitative estimate of drug-likeness (QED) is 0.425. The summed E-state index contributed by atoms with van der Waals surface area (Å²) in [6, 6.07) is 11.6. The number of hydrogen-bond donors (Lipinski definition) is 0. The molecule has 1 fully saturated rings. The molecule has 2 amide bonds. The predicted molar refractivity (Wildman–Crippen MR) is 127 cm³/mol. The highest BCUT2D eigenvalue weighted by Gasteiger charge is 2.26. The molecule has 0 spiro atoms. The van der Waals surface area contributed by atoms with Crippen molar-refractivity contribution >= 4 is 23.7 Å². The second kappa shape index (κ2) is 10.8. The summed E-state index contributed by atoms with van der Waals surface area (Å²) in [4.78, 5) is 29.1. The number of likely N-dealkylation sites (tertiary alicyclic amines) is 1. The van der Waals surface area contributed by atoms with Gasteiger partial charge in [0.2, 0.25) is 18.2 Å². The van der Waals surface area contributed by atoms with Gasteiger partial charge in [-0.3, -0.25) is 9.59 Å². The second-order valence-corrected chi connectivity index (χ2v) is 8.62. The summed E-state index contributed by atoms with van der Waals surface area (Å²) in [6.07, 6.45) is -0.684. The maximum Gasteiger partial charge on any atom is 0.314 e. The zero-order valence-corrected chi connectivity index (χ0v) is 19.9. The van der Waals surface area contributed by atoms with Gasteiger partial charge in [0, 0.05) is 44.2 Å². The van der Waals surface area contributed by atoms with Crippen LogP contribution in [0.25, 0.3) is 11.5 Å². The van der Waals surface area contributed by atoms with E-state index in [0.717, 1.165) is 24.6 Å². The van der Waals surface area contributed by atoms with E-state index in [9.17, 15) is 22.8 Å². The number of benzene rings is 2. The van der Waals surface area contributed by atoms with Crippen molar-refractivity contribution in [2.24, 2.45) is 0 Å². The Morgan fingerprint density at radius 3 is 2.44 bits per heavy atom. The number of carbonyl (C=O) groups excluding carboxylic acids is 2. The topological polar surface area (TPSA) is 82.8 Å². The third-order valence-corrected chi connectivity index (χ3v) is 6.42. The minimum absolute atomic E-state index is 0.0463. The Morgan fingerprint density at radius 1 is 1.17 bits per heavy atom. The summed E-state index contributed by atoms with van der Waals surface area (Å²) in [6.45, 7) is 2.85. The summed E-state index contributed by atoms with van der Waals surface area (Å²) in [7, 11) is 1.95. The van der Waals surface area contributed by atoms with Gasteiger partial charge in [0.05, 0.1) is 17.9 Å². The van der Waals surface area contributed by atoms with E-state index < -0.39 is 18.1 Å². The van der Waals surface area contributed by atoms with Crippen molar-refractivity contribution in [3.8, 4) is 11.5 Å². The molecule has 4 rings (SSSR count). The molecule has 3 aromatic rings. The first-order valence-electron chi connectivity index (χ1n) is 11.5. The van der Waals surface area contributed by atoms with E-state index in [4.69, 9.17) is 4.42 Å². The van der Waals surface area contributed by atoms with Crippen LogP contribution in [0.2, 0.25) is 0 Å². The minimum atomic E-state index is -2.92. The van der Waals surface area contributed by atoms with Crippen LogP contribution in [0.1, 0.15) is 37.6 Å². The fraction of sp³-hybridized carbons (Fsp3) is 0.360. The molecule has 0 bridgehead atoms. The molecule has 36 heavy (non-hydrogen) atoms. The molecule has 0 aliphatic carbocycles. The Hall–Kier alpha value is -3.89. The Balaban J connectivity index is 1.53. The van der Waals surface area contributed by atoms with Crippen molar-refractivity contribution in [2.75, 3.05) is 29.9 Å². The first kappa shape index (κ1) is 25.2. The van der Waals surface area contributed by atoms with E-state index in [1.165, 1.54) is 17.0 Å². The third-order valence-electron chi connectivity index (χ3n) is 6.42. The zero-order chi connectivity index (χ0) is 25.8. The molecule has 0 unspecified atom stereocenters. The molecule has 190 valence electrons. The lowest BCUT2D eigenvalue weighted by molar-refractivity contribution is -0.129. The summed E-state index contributed by atoms with van der Waals surface area (Å²) in [5.74, 6) is -1.64. The first-order chi connectivity index (χ1) is 17.3. The van der Waals surface area contributed by atoms with Gasteiger partial charge < -0.3 is 19.1 Å². The van der Waals surface area contributed by atoms with Crippen LogP contribution in [-0.4, -0.2) is 53.6 Å². The monoisotopic (exact) mass is 501 g/mol. The summed E-state index contributed by atoms with van der Waals surface area (Å²) in [5, 5.41) is 6.79. The summed E-state index contributed by atoms with van der Waals surface area (Å²) < 4.78 is 45.3. The molecular formula is C25H26F3N5O3. The fourth-order valence-corrected chi connectivity index (χ4v) is 4.38. The van der Waals surface area contributed by atoms with E-state index in [2.05, 4.69) is 15.1 Å². The van der Waals surface area contributed by atoms with Gasteiger partial charge in [0.1, 0.15) is 5.82 Å². The van der Waals surface area contributed by atoms with E-state index in [1.54, 1.807) is 19.1 Å². The molecule has 1 aliphatic heterocycles. The van der Waals surface area contributed by atoms with Gasteiger partial charge in [-0.15, -0.1) is 10.2 Å². The minimum Gasteiger partial charge on any atom is -0.415 e. The Morgan fingerprint density at radius 2 is 1.86 bits per heavy atom. The smallest absolute Gasteiger partial charge is 0.314 e. The number of hydrogen-bond acceptors (Lipinski definition) is 6. The maximum atomic E-state index is 14.9. The molecular weight excluding hydrogens is 475 g/mol. The van der Waals surface area contributed by atoms with Gasteiger partial charge in [-0.2, -0.15) is 8.78 Å². The molecule has 0 atom stereocenters. The normalized spacial score (nSPS) is 14.2. The summed E-state index contributed by atoms with van der Waals surface area (Å²) in [5.41, 5.74) is 1.82. The number of piperidine rings is 1. The molecule has 1 aromatic heterocycles. The number of anilines is 2. The van der Waals surface area contributed by atoms with Crippen LogP contribution in [0.4, 0.5) is 24.5 Å². The third kappa shape index (κ3) is 5.34. The van der Waals surface area contributed by atoms with Crippen molar-refractivity contribution in [3.63, 3.8) is 0 Å². The van der Waals surface area contributed by atoms with Crippen LogP contribution in [0.5, 0.6) is 0 Å². The lowest BCUT2D eigenvalue weighted by Crippen LogP contribution is -2.45. The number of alkyl halides is 2. The van der Waals surface area contributed by atoms with Crippen molar-refractivity contribution in [1.82, 2.24) is 15.1 Å². The van der Waals surface area contributed by atoms with Crippen LogP contribution < -0.4 is 9.80 Å². The van der Waals surface area contributed by atoms with Gasteiger partial charge in [-0.05, 0) is 37.1 Å². The molecule has 0 N–H and O–H groups in total. The van der Waals surface area contributed by atoms with Crippen molar-refractivity contribution in [3.05, 3.63) is 59.7 Å². The van der Waals surface area contributed by atoms with Gasteiger partial charge >= 0.3 is 6.43 Å². The van der Waals surface area contributed by atoms with Crippen molar-refractivity contribution < 1.29 is 27.2 Å².